The van der Waals surface area contributed by atoms with Crippen molar-refractivity contribution in [2.24, 2.45) is 0 Å². The molecular weight excluding hydrogens is 180 g/mol. The summed E-state index contributed by atoms with van der Waals surface area (Å²) in [4.78, 5) is 0. The third-order valence-electron chi connectivity index (χ3n) is 2.34. The molecule has 0 fully saturated rings. The molecule has 14 heavy (non-hydrogen) atoms. The molecule has 0 aliphatic rings. The highest BCUT2D eigenvalue weighted by atomic mass is 16.3. The lowest BCUT2D eigenvalue weighted by Crippen LogP contribution is -2.35. The molecule has 0 aromatic carbocycles. The van der Waals surface area contributed by atoms with E-state index in [1.807, 2.05) is 18.4 Å². The molecule has 2 N–H and O–H groups in total. The molecular formula is C9H18N4O. The van der Waals surface area contributed by atoms with Crippen LogP contribution in [0.4, 0.5) is 0 Å². The van der Waals surface area contributed by atoms with Gasteiger partial charge in [-0.1, -0.05) is 0 Å². The van der Waals surface area contributed by atoms with E-state index in [9.17, 15) is 5.11 Å². The molecule has 2 unspecified atom stereocenters. The maximum absolute atomic E-state index is 9.27. The van der Waals surface area contributed by atoms with E-state index in [0.29, 0.717) is 6.54 Å². The summed E-state index contributed by atoms with van der Waals surface area (Å²) in [5.41, 5.74) is 0. The Morgan fingerprint density at radius 1 is 1.57 bits per heavy atom. The molecule has 80 valence electrons. The Morgan fingerprint density at radius 3 is 2.86 bits per heavy atom. The van der Waals surface area contributed by atoms with Gasteiger partial charge in [-0.25, -0.2) is 0 Å². The minimum absolute atomic E-state index is 0.0667. The van der Waals surface area contributed by atoms with Crippen LogP contribution in [0, 0.1) is 0 Å². The lowest BCUT2D eigenvalue weighted by molar-refractivity contribution is 0.151. The summed E-state index contributed by atoms with van der Waals surface area (Å²) in [5.74, 6) is 0.903. The molecule has 0 saturated heterocycles. The van der Waals surface area contributed by atoms with Gasteiger partial charge in [0, 0.05) is 12.6 Å². The topological polar surface area (TPSA) is 63.0 Å². The van der Waals surface area contributed by atoms with Crippen molar-refractivity contribution < 1.29 is 5.11 Å². The number of aryl methyl sites for hydroxylation is 1. The first kappa shape index (κ1) is 11.1. The number of aliphatic hydroxyl groups is 1. The number of hydrogen-bond acceptors (Lipinski definition) is 4. The molecule has 1 heterocycles. The second-order valence-corrected chi connectivity index (χ2v) is 3.44. The van der Waals surface area contributed by atoms with Crippen LogP contribution in [0.5, 0.6) is 0 Å². The summed E-state index contributed by atoms with van der Waals surface area (Å²) < 4.78 is 1.97. The van der Waals surface area contributed by atoms with Crippen molar-refractivity contribution >= 4 is 0 Å². The van der Waals surface area contributed by atoms with Crippen LogP contribution in [0.1, 0.15) is 26.6 Å². The van der Waals surface area contributed by atoms with Gasteiger partial charge >= 0.3 is 0 Å². The molecule has 0 spiro atoms. The first-order valence-electron chi connectivity index (χ1n) is 4.93. The summed E-state index contributed by atoms with van der Waals surface area (Å²) in [6.45, 7) is 7.26. The van der Waals surface area contributed by atoms with Gasteiger partial charge in [-0.3, -0.25) is 0 Å². The molecule has 5 nitrogen and oxygen atoms in total. The SMILES string of the molecule is CCn1cnnc1CNC(C)C(C)O. The van der Waals surface area contributed by atoms with Crippen LogP contribution in [0.25, 0.3) is 0 Å². The van der Waals surface area contributed by atoms with Gasteiger partial charge in [0.1, 0.15) is 12.2 Å². The van der Waals surface area contributed by atoms with Crippen LogP contribution < -0.4 is 5.32 Å². The van der Waals surface area contributed by atoms with Gasteiger partial charge in [-0.2, -0.15) is 0 Å². The number of rotatable bonds is 5. The van der Waals surface area contributed by atoms with E-state index in [0.717, 1.165) is 12.4 Å². The number of aliphatic hydroxyl groups excluding tert-OH is 1. The molecule has 0 saturated carbocycles. The van der Waals surface area contributed by atoms with Gasteiger partial charge in [0.2, 0.25) is 0 Å². The normalized spacial score (nSPS) is 15.4. The molecule has 0 aliphatic heterocycles. The Kier molecular flexibility index (Phi) is 4.03. The lowest BCUT2D eigenvalue weighted by atomic mass is 10.2. The third kappa shape index (κ3) is 2.78. The number of aromatic nitrogens is 3. The summed E-state index contributed by atoms with van der Waals surface area (Å²) >= 11 is 0. The Balaban J connectivity index is 2.45. The fourth-order valence-corrected chi connectivity index (χ4v) is 1.10. The number of nitrogens with one attached hydrogen (secondary N) is 1. The number of hydrogen-bond donors (Lipinski definition) is 2. The zero-order chi connectivity index (χ0) is 10.6. The van der Waals surface area contributed by atoms with Gasteiger partial charge < -0.3 is 15.0 Å². The van der Waals surface area contributed by atoms with E-state index in [1.54, 1.807) is 13.3 Å². The molecule has 0 aliphatic carbocycles. The number of nitrogens with zero attached hydrogens (tertiary/aromatic N) is 3. The zero-order valence-corrected chi connectivity index (χ0v) is 8.94. The van der Waals surface area contributed by atoms with E-state index >= 15 is 0 Å². The van der Waals surface area contributed by atoms with Crippen molar-refractivity contribution in [1.82, 2.24) is 20.1 Å². The summed E-state index contributed by atoms with van der Waals surface area (Å²) in [6.07, 6.45) is 1.36. The minimum Gasteiger partial charge on any atom is -0.392 e. The Hall–Kier alpha value is -0.940. The molecule has 1 rings (SSSR count). The first-order chi connectivity index (χ1) is 6.65. The molecule has 0 amide bonds. The average molecular weight is 198 g/mol. The third-order valence-corrected chi connectivity index (χ3v) is 2.34. The van der Waals surface area contributed by atoms with Crippen molar-refractivity contribution in [2.75, 3.05) is 0 Å². The first-order valence-corrected chi connectivity index (χ1v) is 4.93. The molecule has 5 heteroatoms. The van der Waals surface area contributed by atoms with Gasteiger partial charge in [-0.05, 0) is 20.8 Å². The minimum atomic E-state index is -0.354. The van der Waals surface area contributed by atoms with E-state index in [4.69, 9.17) is 0 Å². The van der Waals surface area contributed by atoms with E-state index in [2.05, 4.69) is 15.5 Å². The molecule has 0 radical (unpaired) electrons. The second kappa shape index (κ2) is 5.07. The van der Waals surface area contributed by atoms with Crippen molar-refractivity contribution in [1.29, 1.82) is 0 Å². The van der Waals surface area contributed by atoms with E-state index in [1.165, 1.54) is 0 Å². The van der Waals surface area contributed by atoms with Crippen molar-refractivity contribution in [2.45, 2.75) is 46.0 Å². The van der Waals surface area contributed by atoms with Crippen LogP contribution >= 0.6 is 0 Å². The van der Waals surface area contributed by atoms with Gasteiger partial charge in [0.25, 0.3) is 0 Å². The maximum atomic E-state index is 9.27. The smallest absolute Gasteiger partial charge is 0.146 e. The predicted octanol–water partition coefficient (Wildman–Crippen LogP) is 0.157. The maximum Gasteiger partial charge on any atom is 0.146 e. The van der Waals surface area contributed by atoms with Crippen molar-refractivity contribution in [3.05, 3.63) is 12.2 Å². The van der Waals surface area contributed by atoms with Crippen LogP contribution in [-0.4, -0.2) is 32.0 Å². The highest BCUT2D eigenvalue weighted by Gasteiger charge is 2.09. The Morgan fingerprint density at radius 2 is 2.29 bits per heavy atom. The molecule has 2 atom stereocenters. The summed E-state index contributed by atoms with van der Waals surface area (Å²) in [7, 11) is 0. The predicted molar refractivity (Wildman–Crippen MR) is 53.7 cm³/mol. The Bertz CT molecular complexity index is 272. The molecule has 1 aromatic rings. The van der Waals surface area contributed by atoms with Gasteiger partial charge in [0.05, 0.1) is 12.6 Å². The van der Waals surface area contributed by atoms with Crippen LogP contribution in [0.15, 0.2) is 6.33 Å². The van der Waals surface area contributed by atoms with Gasteiger partial charge in [-0.15, -0.1) is 10.2 Å². The van der Waals surface area contributed by atoms with Gasteiger partial charge in [0.15, 0.2) is 0 Å². The lowest BCUT2D eigenvalue weighted by Gasteiger charge is -2.16. The largest absolute Gasteiger partial charge is 0.392 e. The second-order valence-electron chi connectivity index (χ2n) is 3.44. The van der Waals surface area contributed by atoms with E-state index in [-0.39, 0.29) is 12.1 Å². The van der Waals surface area contributed by atoms with Crippen LogP contribution in [0.2, 0.25) is 0 Å². The van der Waals surface area contributed by atoms with Crippen LogP contribution in [-0.2, 0) is 13.1 Å². The van der Waals surface area contributed by atoms with Crippen LogP contribution in [0.3, 0.4) is 0 Å². The standard InChI is InChI=1S/C9H18N4O/c1-4-13-6-11-12-9(13)5-10-7(2)8(3)14/h6-8,10,14H,4-5H2,1-3H3. The fourth-order valence-electron chi connectivity index (χ4n) is 1.10. The Labute approximate surface area is 84.2 Å². The highest BCUT2D eigenvalue weighted by Crippen LogP contribution is 1.97. The van der Waals surface area contributed by atoms with E-state index < -0.39 is 0 Å². The highest BCUT2D eigenvalue weighted by molar-refractivity contribution is 4.85. The summed E-state index contributed by atoms with van der Waals surface area (Å²) in [5, 5.41) is 20.3. The fraction of sp³-hybridized carbons (Fsp3) is 0.778. The monoisotopic (exact) mass is 198 g/mol. The summed E-state index contributed by atoms with van der Waals surface area (Å²) in [6, 6.07) is 0.0667. The zero-order valence-electron chi connectivity index (χ0n) is 8.94. The quantitative estimate of drug-likeness (QED) is 0.707. The van der Waals surface area contributed by atoms with Crippen molar-refractivity contribution in [3.63, 3.8) is 0 Å². The van der Waals surface area contributed by atoms with Crippen molar-refractivity contribution in [3.8, 4) is 0 Å². The average Bonchev–Trinajstić information content (AvgIpc) is 2.60. The molecule has 0 bridgehead atoms. The molecule has 1 aromatic heterocycles.